The zero-order valence-corrected chi connectivity index (χ0v) is 13.4. The zero-order valence-electron chi connectivity index (χ0n) is 12.6. The lowest BCUT2D eigenvalue weighted by Gasteiger charge is -2.18. The Bertz CT molecular complexity index is 789. The fourth-order valence-electron chi connectivity index (χ4n) is 2.49. The summed E-state index contributed by atoms with van der Waals surface area (Å²) in [6.45, 7) is 0.577. The average Bonchev–Trinajstić information content (AvgIpc) is 3.24. The van der Waals surface area contributed by atoms with Crippen LogP contribution in [0.15, 0.2) is 36.5 Å². The molecule has 1 aromatic heterocycles. The van der Waals surface area contributed by atoms with Crippen LogP contribution in [0.3, 0.4) is 0 Å². The molecule has 0 spiro atoms. The van der Waals surface area contributed by atoms with Gasteiger partial charge in [0.1, 0.15) is 5.69 Å². The summed E-state index contributed by atoms with van der Waals surface area (Å²) in [5.74, 6) is -0.980. The molecule has 1 saturated heterocycles. The van der Waals surface area contributed by atoms with E-state index in [1.54, 1.807) is 35.4 Å². The summed E-state index contributed by atoms with van der Waals surface area (Å²) in [5, 5.41) is 0.400. The van der Waals surface area contributed by atoms with Gasteiger partial charge in [0.25, 0.3) is 11.8 Å². The van der Waals surface area contributed by atoms with Crippen LogP contribution in [0.1, 0.15) is 33.7 Å². The molecular weight excluding hydrogens is 332 g/mol. The Morgan fingerprint density at radius 2 is 1.96 bits per heavy atom. The first-order chi connectivity index (χ1) is 11.6. The molecule has 0 saturated carbocycles. The van der Waals surface area contributed by atoms with E-state index in [2.05, 4.69) is 15.8 Å². The number of hydrogen-bond acceptors (Lipinski definition) is 3. The highest BCUT2D eigenvalue weighted by atomic mass is 35.5. The number of halogens is 1. The standard InChI is InChI=1S/C16H15ClN4O3/c17-11-6-5-10(9-13(11)21-8-2-4-14(21)22)15(23)19-20-16(24)12-3-1-7-18-12/h1,3,5-7,9,18H,2,4,8H2,(H,19,23)(H,20,24). The summed E-state index contributed by atoms with van der Waals surface area (Å²) in [6, 6.07) is 7.89. The summed E-state index contributed by atoms with van der Waals surface area (Å²) in [4.78, 5) is 40.1. The minimum absolute atomic E-state index is 0.0190. The quantitative estimate of drug-likeness (QED) is 0.740. The van der Waals surface area contributed by atoms with Gasteiger partial charge in [-0.2, -0.15) is 0 Å². The second kappa shape index (κ2) is 6.76. The first-order valence-corrected chi connectivity index (χ1v) is 7.78. The van der Waals surface area contributed by atoms with Gasteiger partial charge in [-0.25, -0.2) is 0 Å². The number of carbonyl (C=O) groups is 3. The smallest absolute Gasteiger partial charge is 0.286 e. The van der Waals surface area contributed by atoms with Crippen molar-refractivity contribution in [2.75, 3.05) is 11.4 Å². The maximum atomic E-state index is 12.2. The van der Waals surface area contributed by atoms with Crippen LogP contribution in [0.5, 0.6) is 0 Å². The molecule has 0 aliphatic carbocycles. The number of benzene rings is 1. The molecule has 2 aromatic rings. The number of aromatic amines is 1. The third kappa shape index (κ3) is 3.26. The predicted octanol–water partition coefficient (Wildman–Crippen LogP) is 1.87. The van der Waals surface area contributed by atoms with E-state index in [0.717, 1.165) is 6.42 Å². The molecule has 3 rings (SSSR count). The van der Waals surface area contributed by atoms with Crippen molar-refractivity contribution in [1.82, 2.24) is 15.8 Å². The Morgan fingerprint density at radius 1 is 1.17 bits per heavy atom. The Balaban J connectivity index is 1.71. The van der Waals surface area contributed by atoms with E-state index in [4.69, 9.17) is 11.6 Å². The lowest BCUT2D eigenvalue weighted by atomic mass is 10.2. The molecule has 1 aromatic carbocycles. The number of hydrogen-bond donors (Lipinski definition) is 3. The predicted molar refractivity (Wildman–Crippen MR) is 88.8 cm³/mol. The van der Waals surface area contributed by atoms with Gasteiger partial charge in [0.2, 0.25) is 5.91 Å². The van der Waals surface area contributed by atoms with Crippen molar-refractivity contribution in [3.63, 3.8) is 0 Å². The summed E-state index contributed by atoms with van der Waals surface area (Å²) >= 11 is 6.14. The van der Waals surface area contributed by atoms with Crippen molar-refractivity contribution in [1.29, 1.82) is 0 Å². The molecule has 124 valence electrons. The summed E-state index contributed by atoms with van der Waals surface area (Å²) in [5.41, 5.74) is 5.77. The van der Waals surface area contributed by atoms with Crippen molar-refractivity contribution < 1.29 is 14.4 Å². The van der Waals surface area contributed by atoms with Crippen LogP contribution in [-0.2, 0) is 4.79 Å². The number of nitrogens with one attached hydrogen (secondary N) is 3. The number of hydrazine groups is 1. The normalized spacial score (nSPS) is 13.9. The summed E-state index contributed by atoms with van der Waals surface area (Å²) < 4.78 is 0. The van der Waals surface area contributed by atoms with Crippen LogP contribution in [0.4, 0.5) is 5.69 Å². The third-order valence-corrected chi connectivity index (χ3v) is 4.02. The van der Waals surface area contributed by atoms with Gasteiger partial charge in [-0.15, -0.1) is 0 Å². The van der Waals surface area contributed by atoms with Gasteiger partial charge in [-0.3, -0.25) is 25.2 Å². The summed E-state index contributed by atoms with van der Waals surface area (Å²) in [6.07, 6.45) is 2.84. The highest BCUT2D eigenvalue weighted by Crippen LogP contribution is 2.30. The van der Waals surface area contributed by atoms with Crippen LogP contribution in [0, 0.1) is 0 Å². The van der Waals surface area contributed by atoms with Crippen LogP contribution in [0.2, 0.25) is 5.02 Å². The van der Waals surface area contributed by atoms with E-state index in [1.165, 1.54) is 6.07 Å². The Labute approximate surface area is 142 Å². The van der Waals surface area contributed by atoms with E-state index in [1.807, 2.05) is 0 Å². The number of H-pyrrole nitrogens is 1. The van der Waals surface area contributed by atoms with E-state index < -0.39 is 11.8 Å². The largest absolute Gasteiger partial charge is 0.357 e. The molecule has 8 heteroatoms. The van der Waals surface area contributed by atoms with Crippen LogP contribution >= 0.6 is 11.6 Å². The molecule has 0 bridgehead atoms. The van der Waals surface area contributed by atoms with Crippen LogP contribution in [-0.4, -0.2) is 29.3 Å². The molecule has 3 N–H and O–H groups in total. The Kier molecular flexibility index (Phi) is 4.52. The molecule has 7 nitrogen and oxygen atoms in total. The van der Waals surface area contributed by atoms with E-state index >= 15 is 0 Å². The maximum Gasteiger partial charge on any atom is 0.286 e. The van der Waals surface area contributed by atoms with Crippen molar-refractivity contribution in [2.24, 2.45) is 0 Å². The van der Waals surface area contributed by atoms with Crippen molar-refractivity contribution >= 4 is 35.0 Å². The molecule has 1 fully saturated rings. The van der Waals surface area contributed by atoms with Gasteiger partial charge >= 0.3 is 0 Å². The number of rotatable bonds is 3. The SMILES string of the molecule is O=C(NNC(=O)c1ccc[nH]1)c1ccc(Cl)c(N2CCCC2=O)c1. The van der Waals surface area contributed by atoms with E-state index in [9.17, 15) is 14.4 Å². The lowest BCUT2D eigenvalue weighted by molar-refractivity contribution is -0.117. The average molecular weight is 347 g/mol. The van der Waals surface area contributed by atoms with E-state index in [0.29, 0.717) is 34.9 Å². The second-order valence-electron chi connectivity index (χ2n) is 5.31. The van der Waals surface area contributed by atoms with Gasteiger partial charge < -0.3 is 9.88 Å². The highest BCUT2D eigenvalue weighted by molar-refractivity contribution is 6.34. The monoisotopic (exact) mass is 346 g/mol. The Morgan fingerprint density at radius 3 is 2.62 bits per heavy atom. The van der Waals surface area contributed by atoms with Crippen molar-refractivity contribution in [3.05, 3.63) is 52.8 Å². The van der Waals surface area contributed by atoms with E-state index in [-0.39, 0.29) is 5.91 Å². The van der Waals surface area contributed by atoms with Crippen LogP contribution < -0.4 is 15.8 Å². The first-order valence-electron chi connectivity index (χ1n) is 7.40. The van der Waals surface area contributed by atoms with Crippen molar-refractivity contribution in [3.8, 4) is 0 Å². The van der Waals surface area contributed by atoms with Crippen LogP contribution in [0.25, 0.3) is 0 Å². The number of amides is 3. The molecule has 0 atom stereocenters. The number of aromatic nitrogens is 1. The molecule has 2 heterocycles. The molecule has 1 aliphatic heterocycles. The molecule has 0 unspecified atom stereocenters. The van der Waals surface area contributed by atoms with Gasteiger partial charge in [0.15, 0.2) is 0 Å². The Hall–Kier alpha value is -2.80. The zero-order chi connectivity index (χ0) is 17.1. The maximum absolute atomic E-state index is 12.2. The molecule has 1 aliphatic rings. The van der Waals surface area contributed by atoms with Gasteiger partial charge in [0.05, 0.1) is 10.7 Å². The first kappa shape index (κ1) is 16.1. The molecule has 3 amide bonds. The third-order valence-electron chi connectivity index (χ3n) is 3.70. The number of anilines is 1. The molecule has 24 heavy (non-hydrogen) atoms. The topological polar surface area (TPSA) is 94.3 Å². The van der Waals surface area contributed by atoms with Gasteiger partial charge in [-0.05, 0) is 36.8 Å². The number of carbonyl (C=O) groups excluding carboxylic acids is 3. The summed E-state index contributed by atoms with van der Waals surface area (Å²) in [7, 11) is 0. The van der Waals surface area contributed by atoms with Gasteiger partial charge in [0, 0.05) is 24.7 Å². The highest BCUT2D eigenvalue weighted by Gasteiger charge is 2.24. The fourth-order valence-corrected chi connectivity index (χ4v) is 2.71. The second-order valence-corrected chi connectivity index (χ2v) is 5.71. The minimum Gasteiger partial charge on any atom is -0.357 e. The van der Waals surface area contributed by atoms with Gasteiger partial charge in [-0.1, -0.05) is 11.6 Å². The van der Waals surface area contributed by atoms with Crippen molar-refractivity contribution in [2.45, 2.75) is 12.8 Å². The molecular formula is C16H15ClN4O3. The fraction of sp³-hybridized carbons (Fsp3) is 0.188. The lowest BCUT2D eigenvalue weighted by Crippen LogP contribution is -2.41. The number of nitrogens with zero attached hydrogens (tertiary/aromatic N) is 1. The minimum atomic E-state index is -0.500. The molecule has 0 radical (unpaired) electrons.